The van der Waals surface area contributed by atoms with Crippen LogP contribution < -0.4 is 5.32 Å². The Morgan fingerprint density at radius 1 is 1.22 bits per heavy atom. The standard InChI is InChI=1S/C31H31F2N3O/c1-4-19-13-30(14-20-15-31(19,20)16-30)35-22-8-6-18(7-9-22)29-28-23(10-17(3)36(29)26(37)5-2)24-11-21(32)12-25(33)27(24)34-28/h2,6-9,11-12,17,19-20,29,34-35H,4,10,13-16H2,1,3H3/t17-,19?,20?,29-,30?,31?/m0/s1. The molecule has 2 heterocycles. The number of rotatable bonds is 4. The molecule has 2 bridgehead atoms. The number of amides is 1. The van der Waals surface area contributed by atoms with Gasteiger partial charge in [-0.1, -0.05) is 25.5 Å². The Balaban J connectivity index is 1.26. The van der Waals surface area contributed by atoms with Crippen LogP contribution in [-0.2, 0) is 11.2 Å². The number of carbonyl (C=O) groups excluding carboxylic acids is 1. The van der Waals surface area contributed by atoms with Crippen molar-refractivity contribution in [3.8, 4) is 12.3 Å². The second-order valence-electron chi connectivity index (χ2n) is 12.0. The molecule has 3 saturated carbocycles. The zero-order chi connectivity index (χ0) is 25.7. The number of hydrogen-bond donors (Lipinski definition) is 2. The van der Waals surface area contributed by atoms with Crippen LogP contribution in [0.5, 0.6) is 0 Å². The van der Waals surface area contributed by atoms with Crippen molar-refractivity contribution in [2.75, 3.05) is 5.32 Å². The van der Waals surface area contributed by atoms with Crippen LogP contribution in [0, 0.1) is 41.2 Å². The van der Waals surface area contributed by atoms with Crippen molar-refractivity contribution in [2.24, 2.45) is 17.3 Å². The van der Waals surface area contributed by atoms with Gasteiger partial charge in [0, 0.05) is 34.4 Å². The topological polar surface area (TPSA) is 48.1 Å². The third-order valence-electron chi connectivity index (χ3n) is 10.0. The van der Waals surface area contributed by atoms with Crippen LogP contribution >= 0.6 is 0 Å². The fourth-order valence-corrected chi connectivity index (χ4v) is 8.55. The minimum atomic E-state index is -0.640. The SMILES string of the molecule is C#CC(=O)N1[C@@H](c2ccc(NC34CC(CC)C5(CC5C3)C4)cc2)c2[nH]c3c(F)cc(F)cc3c2C[C@@H]1C. The van der Waals surface area contributed by atoms with E-state index in [-0.39, 0.29) is 17.1 Å². The summed E-state index contributed by atoms with van der Waals surface area (Å²) in [5.41, 5.74) is 4.55. The molecule has 1 aromatic heterocycles. The molecule has 2 N–H and O–H groups in total. The van der Waals surface area contributed by atoms with Crippen LogP contribution in [0.1, 0.15) is 68.8 Å². The molecule has 4 unspecified atom stereocenters. The van der Waals surface area contributed by atoms with Gasteiger partial charge < -0.3 is 15.2 Å². The molecule has 6 atom stereocenters. The maximum Gasteiger partial charge on any atom is 0.299 e. The van der Waals surface area contributed by atoms with Gasteiger partial charge in [0.1, 0.15) is 11.6 Å². The lowest BCUT2D eigenvalue weighted by Gasteiger charge is -2.40. The first-order chi connectivity index (χ1) is 17.8. The zero-order valence-corrected chi connectivity index (χ0v) is 21.2. The summed E-state index contributed by atoms with van der Waals surface area (Å²) in [4.78, 5) is 17.8. The largest absolute Gasteiger partial charge is 0.380 e. The lowest BCUT2D eigenvalue weighted by molar-refractivity contribution is -0.129. The number of nitrogens with one attached hydrogen (secondary N) is 2. The van der Waals surface area contributed by atoms with Gasteiger partial charge in [-0.15, -0.1) is 6.42 Å². The smallest absolute Gasteiger partial charge is 0.299 e. The van der Waals surface area contributed by atoms with Crippen molar-refractivity contribution in [1.82, 2.24) is 9.88 Å². The number of aromatic amines is 1. The fourth-order valence-electron chi connectivity index (χ4n) is 8.55. The Hall–Kier alpha value is -3.33. The van der Waals surface area contributed by atoms with E-state index < -0.39 is 23.6 Å². The van der Waals surface area contributed by atoms with Crippen molar-refractivity contribution < 1.29 is 13.6 Å². The number of H-pyrrole nitrogens is 1. The molecule has 4 nitrogen and oxygen atoms in total. The van der Waals surface area contributed by atoms with Crippen molar-refractivity contribution in [2.45, 2.75) is 70.0 Å². The van der Waals surface area contributed by atoms with E-state index in [0.717, 1.165) is 34.7 Å². The highest BCUT2D eigenvalue weighted by Gasteiger charge is 2.72. The number of terminal acetylenes is 1. The van der Waals surface area contributed by atoms with Crippen LogP contribution in [0.25, 0.3) is 10.9 Å². The van der Waals surface area contributed by atoms with Gasteiger partial charge >= 0.3 is 0 Å². The quantitative estimate of drug-likeness (QED) is 0.413. The molecule has 1 aliphatic heterocycles. The molecule has 4 aliphatic rings. The van der Waals surface area contributed by atoms with E-state index in [1.165, 1.54) is 38.2 Å². The second-order valence-corrected chi connectivity index (χ2v) is 12.0. The average molecular weight is 500 g/mol. The van der Waals surface area contributed by atoms with E-state index in [9.17, 15) is 13.6 Å². The lowest BCUT2D eigenvalue weighted by Crippen LogP contribution is -2.45. The van der Waals surface area contributed by atoms with Gasteiger partial charge in [0.25, 0.3) is 5.91 Å². The molecule has 3 fully saturated rings. The maximum absolute atomic E-state index is 14.7. The summed E-state index contributed by atoms with van der Waals surface area (Å²) in [5, 5.41) is 4.42. The van der Waals surface area contributed by atoms with Gasteiger partial charge in [-0.2, -0.15) is 0 Å². The van der Waals surface area contributed by atoms with Crippen molar-refractivity contribution >= 4 is 22.5 Å². The Bertz CT molecular complexity index is 1490. The van der Waals surface area contributed by atoms with Gasteiger partial charge in [-0.3, -0.25) is 4.79 Å². The third-order valence-corrected chi connectivity index (χ3v) is 10.0. The number of fused-ring (bicyclic) bond motifs is 4. The van der Waals surface area contributed by atoms with Crippen LogP contribution in [0.3, 0.4) is 0 Å². The number of hydrogen-bond acceptors (Lipinski definition) is 2. The molecular formula is C31H31F2N3O. The predicted octanol–water partition coefficient (Wildman–Crippen LogP) is 6.32. The summed E-state index contributed by atoms with van der Waals surface area (Å²) < 4.78 is 28.8. The van der Waals surface area contributed by atoms with Crippen molar-refractivity contribution in [3.63, 3.8) is 0 Å². The molecule has 190 valence electrons. The second kappa shape index (κ2) is 7.60. The van der Waals surface area contributed by atoms with Gasteiger partial charge in [0.05, 0.1) is 11.6 Å². The predicted molar refractivity (Wildman–Crippen MR) is 140 cm³/mol. The molecule has 1 spiro atoms. The van der Waals surface area contributed by atoms with E-state index >= 15 is 0 Å². The molecule has 37 heavy (non-hydrogen) atoms. The van der Waals surface area contributed by atoms with E-state index in [0.29, 0.717) is 22.9 Å². The fraction of sp³-hybridized carbons (Fsp3) is 0.452. The average Bonchev–Trinajstić information content (AvgIpc) is 3.15. The third kappa shape index (κ3) is 3.16. The first-order valence-corrected chi connectivity index (χ1v) is 13.4. The van der Waals surface area contributed by atoms with Crippen LogP contribution in [0.2, 0.25) is 0 Å². The highest BCUT2D eigenvalue weighted by atomic mass is 19.1. The van der Waals surface area contributed by atoms with Crippen LogP contribution in [-0.4, -0.2) is 27.4 Å². The summed E-state index contributed by atoms with van der Waals surface area (Å²) in [5.74, 6) is 2.32. The molecule has 0 radical (unpaired) electrons. The minimum Gasteiger partial charge on any atom is -0.380 e. The van der Waals surface area contributed by atoms with Crippen molar-refractivity contribution in [3.05, 3.63) is 64.9 Å². The summed E-state index contributed by atoms with van der Waals surface area (Å²) >= 11 is 0. The first kappa shape index (κ1) is 22.8. The first-order valence-electron chi connectivity index (χ1n) is 13.4. The van der Waals surface area contributed by atoms with E-state index in [1.807, 2.05) is 19.1 Å². The summed E-state index contributed by atoms with van der Waals surface area (Å²) in [6.07, 6.45) is 12.5. The Labute approximate surface area is 215 Å². The zero-order valence-electron chi connectivity index (χ0n) is 21.2. The molecule has 6 heteroatoms. The number of aromatic nitrogens is 1. The van der Waals surface area contributed by atoms with Gasteiger partial charge in [-0.05, 0) is 91.5 Å². The molecule has 2 aromatic carbocycles. The van der Waals surface area contributed by atoms with E-state index in [2.05, 4.69) is 35.3 Å². The maximum atomic E-state index is 14.7. The number of benzene rings is 2. The highest BCUT2D eigenvalue weighted by molar-refractivity contribution is 5.95. The monoisotopic (exact) mass is 499 g/mol. The number of nitrogens with zero attached hydrogens (tertiary/aromatic N) is 1. The van der Waals surface area contributed by atoms with E-state index in [1.54, 1.807) is 4.90 Å². The Kier molecular flexibility index (Phi) is 4.69. The van der Waals surface area contributed by atoms with Crippen LogP contribution in [0.15, 0.2) is 36.4 Å². The number of anilines is 1. The minimum absolute atomic E-state index is 0.196. The molecular weight excluding hydrogens is 468 g/mol. The van der Waals surface area contributed by atoms with Gasteiger partial charge in [0.2, 0.25) is 0 Å². The van der Waals surface area contributed by atoms with Gasteiger partial charge in [-0.25, -0.2) is 8.78 Å². The molecule has 3 aromatic rings. The normalized spacial score (nSPS) is 33.2. The number of carbonyl (C=O) groups is 1. The summed E-state index contributed by atoms with van der Waals surface area (Å²) in [6.45, 7) is 4.26. The van der Waals surface area contributed by atoms with E-state index in [4.69, 9.17) is 6.42 Å². The molecule has 0 saturated heterocycles. The van der Waals surface area contributed by atoms with Crippen LogP contribution in [0.4, 0.5) is 14.5 Å². The summed E-state index contributed by atoms with van der Waals surface area (Å²) in [6, 6.07) is 9.74. The summed E-state index contributed by atoms with van der Waals surface area (Å²) in [7, 11) is 0. The number of halogens is 2. The molecule has 7 rings (SSSR count). The highest BCUT2D eigenvalue weighted by Crippen LogP contribution is 2.77. The van der Waals surface area contributed by atoms with Crippen molar-refractivity contribution in [1.29, 1.82) is 0 Å². The Morgan fingerprint density at radius 3 is 2.70 bits per heavy atom. The lowest BCUT2D eigenvalue weighted by atomic mass is 9.84. The molecule has 1 amide bonds. The Morgan fingerprint density at radius 2 is 2.00 bits per heavy atom. The molecule has 3 aliphatic carbocycles. The van der Waals surface area contributed by atoms with Gasteiger partial charge in [0.15, 0.2) is 0 Å².